The van der Waals surface area contributed by atoms with Crippen molar-refractivity contribution in [1.82, 2.24) is 10.2 Å². The zero-order valence-electron chi connectivity index (χ0n) is 9.64. The summed E-state index contributed by atoms with van der Waals surface area (Å²) in [7, 11) is 0. The van der Waals surface area contributed by atoms with Crippen molar-refractivity contribution in [2.45, 2.75) is 13.3 Å². The van der Waals surface area contributed by atoms with Crippen molar-refractivity contribution in [3.63, 3.8) is 0 Å². The minimum Gasteiger partial charge on any atom is -0.493 e. The van der Waals surface area contributed by atoms with Crippen LogP contribution in [0.2, 0.25) is 0 Å². The average Bonchev–Trinajstić information content (AvgIpc) is 2.84. The average molecular weight is 230 g/mol. The Morgan fingerprint density at radius 2 is 2.24 bits per heavy atom. The summed E-state index contributed by atoms with van der Waals surface area (Å²) in [6.45, 7) is 2.71. The van der Waals surface area contributed by atoms with Gasteiger partial charge in [-0.1, -0.05) is 19.1 Å². The fourth-order valence-electron chi connectivity index (χ4n) is 1.61. The molecule has 4 heteroatoms. The van der Waals surface area contributed by atoms with Gasteiger partial charge in [0.25, 0.3) is 0 Å². The van der Waals surface area contributed by atoms with Crippen LogP contribution >= 0.6 is 0 Å². The molecular formula is C13H14N2O2. The van der Waals surface area contributed by atoms with Crippen molar-refractivity contribution in [3.05, 3.63) is 36.0 Å². The second kappa shape index (κ2) is 5.30. The first-order valence-corrected chi connectivity index (χ1v) is 5.57. The minimum atomic E-state index is 0.539. The number of hydrogen-bond acceptors (Lipinski definition) is 3. The number of aromatic amines is 1. The summed E-state index contributed by atoms with van der Waals surface area (Å²) in [4.78, 5) is 10.9. The molecule has 0 aliphatic carbocycles. The maximum Gasteiger partial charge on any atom is 0.153 e. The third-order valence-electron chi connectivity index (χ3n) is 2.41. The van der Waals surface area contributed by atoms with E-state index in [1.54, 1.807) is 0 Å². The van der Waals surface area contributed by atoms with Gasteiger partial charge in [0.2, 0.25) is 0 Å². The number of carbonyl (C=O) groups excluding carboxylic acids is 1. The highest BCUT2D eigenvalue weighted by molar-refractivity contribution is 5.86. The van der Waals surface area contributed by atoms with Crippen LogP contribution in [0.25, 0.3) is 11.3 Å². The molecule has 1 heterocycles. The quantitative estimate of drug-likeness (QED) is 0.803. The van der Waals surface area contributed by atoms with Gasteiger partial charge < -0.3 is 4.74 Å². The number of H-pyrrole nitrogens is 1. The summed E-state index contributed by atoms with van der Waals surface area (Å²) in [5.41, 5.74) is 2.10. The first-order chi connectivity index (χ1) is 8.36. The fraction of sp³-hybridized carbons (Fsp3) is 0.231. The molecule has 2 rings (SSSR count). The van der Waals surface area contributed by atoms with Crippen LogP contribution < -0.4 is 4.74 Å². The number of benzene rings is 1. The van der Waals surface area contributed by atoms with E-state index in [-0.39, 0.29) is 0 Å². The van der Waals surface area contributed by atoms with Crippen LogP contribution in [0.1, 0.15) is 23.7 Å². The summed E-state index contributed by atoms with van der Waals surface area (Å²) in [5.74, 6) is 0.765. The Labute approximate surface area is 99.6 Å². The van der Waals surface area contributed by atoms with Crippen LogP contribution in [0.5, 0.6) is 5.75 Å². The van der Waals surface area contributed by atoms with E-state index < -0.39 is 0 Å². The van der Waals surface area contributed by atoms with E-state index in [1.807, 2.05) is 24.3 Å². The molecule has 0 amide bonds. The van der Waals surface area contributed by atoms with Crippen molar-refractivity contribution >= 4 is 6.29 Å². The van der Waals surface area contributed by atoms with E-state index in [2.05, 4.69) is 17.1 Å². The monoisotopic (exact) mass is 230 g/mol. The lowest BCUT2D eigenvalue weighted by Crippen LogP contribution is -1.97. The Kier molecular flexibility index (Phi) is 3.55. The van der Waals surface area contributed by atoms with Crippen LogP contribution in [-0.4, -0.2) is 23.1 Å². The zero-order valence-corrected chi connectivity index (χ0v) is 9.64. The van der Waals surface area contributed by atoms with Gasteiger partial charge in [0.05, 0.1) is 24.1 Å². The molecule has 1 aromatic heterocycles. The van der Waals surface area contributed by atoms with E-state index >= 15 is 0 Å². The Hall–Kier alpha value is -2.10. The van der Waals surface area contributed by atoms with Gasteiger partial charge in [-0.25, -0.2) is 0 Å². The third-order valence-corrected chi connectivity index (χ3v) is 2.41. The highest BCUT2D eigenvalue weighted by Crippen LogP contribution is 2.29. The first-order valence-electron chi connectivity index (χ1n) is 5.57. The Morgan fingerprint density at radius 3 is 3.00 bits per heavy atom. The Balaban J connectivity index is 2.40. The molecule has 0 spiro atoms. The third kappa shape index (κ3) is 2.36. The zero-order chi connectivity index (χ0) is 12.1. The lowest BCUT2D eigenvalue weighted by atomic mass is 10.1. The second-order valence-electron chi connectivity index (χ2n) is 3.66. The number of rotatable bonds is 5. The molecule has 88 valence electrons. The molecule has 1 aromatic carbocycles. The number of aldehydes is 1. The number of hydrogen-bond donors (Lipinski definition) is 1. The molecule has 0 bridgehead atoms. The number of nitrogens with one attached hydrogen (secondary N) is 1. The normalized spacial score (nSPS) is 10.2. The van der Waals surface area contributed by atoms with Gasteiger partial charge in [0.1, 0.15) is 5.75 Å². The summed E-state index contributed by atoms with van der Waals surface area (Å²) in [6.07, 6.45) is 3.24. The number of ether oxygens (including phenoxy) is 1. The maximum atomic E-state index is 10.9. The topological polar surface area (TPSA) is 55.0 Å². The first kappa shape index (κ1) is 11.4. The Morgan fingerprint density at radius 1 is 1.41 bits per heavy atom. The van der Waals surface area contributed by atoms with Crippen LogP contribution in [0.4, 0.5) is 0 Å². The molecular weight excluding hydrogens is 216 g/mol. The summed E-state index contributed by atoms with van der Waals surface area (Å²) in [5, 5.41) is 6.71. The molecule has 0 unspecified atom stereocenters. The predicted molar refractivity (Wildman–Crippen MR) is 65.2 cm³/mol. The maximum absolute atomic E-state index is 10.9. The van der Waals surface area contributed by atoms with Crippen LogP contribution in [0.15, 0.2) is 30.5 Å². The van der Waals surface area contributed by atoms with Gasteiger partial charge in [-0.2, -0.15) is 5.10 Å². The van der Waals surface area contributed by atoms with Crippen molar-refractivity contribution < 1.29 is 9.53 Å². The molecule has 0 radical (unpaired) electrons. The minimum absolute atomic E-state index is 0.539. The lowest BCUT2D eigenvalue weighted by Gasteiger charge is -2.09. The highest BCUT2D eigenvalue weighted by atomic mass is 16.5. The molecule has 0 aliphatic heterocycles. The molecule has 17 heavy (non-hydrogen) atoms. The predicted octanol–water partition coefficient (Wildman–Crippen LogP) is 2.68. The molecule has 0 saturated carbocycles. The summed E-state index contributed by atoms with van der Waals surface area (Å²) < 4.78 is 5.65. The van der Waals surface area contributed by atoms with Gasteiger partial charge in [0.15, 0.2) is 6.29 Å². The molecule has 0 saturated heterocycles. The van der Waals surface area contributed by atoms with Gasteiger partial charge in [0, 0.05) is 5.56 Å². The van der Waals surface area contributed by atoms with Crippen LogP contribution in [-0.2, 0) is 0 Å². The Bertz CT molecular complexity index is 506. The van der Waals surface area contributed by atoms with Crippen molar-refractivity contribution in [2.75, 3.05) is 6.61 Å². The smallest absolute Gasteiger partial charge is 0.153 e. The van der Waals surface area contributed by atoms with E-state index in [9.17, 15) is 4.79 Å². The van der Waals surface area contributed by atoms with Gasteiger partial charge >= 0.3 is 0 Å². The van der Waals surface area contributed by atoms with Gasteiger partial charge in [-0.15, -0.1) is 0 Å². The van der Waals surface area contributed by atoms with Crippen molar-refractivity contribution in [3.8, 4) is 17.0 Å². The van der Waals surface area contributed by atoms with Gasteiger partial charge in [-0.3, -0.25) is 9.89 Å². The largest absolute Gasteiger partial charge is 0.493 e. The van der Waals surface area contributed by atoms with Crippen molar-refractivity contribution in [2.24, 2.45) is 0 Å². The SMILES string of the molecule is CCCOc1ccccc1-c1[nH]ncc1C=O. The standard InChI is InChI=1S/C13H14N2O2/c1-2-7-17-12-6-4-3-5-11(12)13-10(9-16)8-14-15-13/h3-6,8-9H,2,7H2,1H3,(H,14,15). The van der Waals surface area contributed by atoms with Crippen molar-refractivity contribution in [1.29, 1.82) is 0 Å². The molecule has 0 fully saturated rings. The highest BCUT2D eigenvalue weighted by Gasteiger charge is 2.11. The molecule has 0 atom stereocenters. The van der Waals surface area contributed by atoms with E-state index in [1.165, 1.54) is 6.20 Å². The lowest BCUT2D eigenvalue weighted by molar-refractivity contribution is 0.112. The van der Waals surface area contributed by atoms with E-state index in [0.29, 0.717) is 17.9 Å². The number of para-hydroxylation sites is 1. The molecule has 2 aromatic rings. The molecule has 1 N–H and O–H groups in total. The summed E-state index contributed by atoms with van der Waals surface area (Å²) >= 11 is 0. The molecule has 0 aliphatic rings. The fourth-order valence-corrected chi connectivity index (χ4v) is 1.61. The summed E-state index contributed by atoms with van der Waals surface area (Å²) in [6, 6.07) is 7.61. The van der Waals surface area contributed by atoms with E-state index in [0.717, 1.165) is 24.0 Å². The second-order valence-corrected chi connectivity index (χ2v) is 3.66. The van der Waals surface area contributed by atoms with E-state index in [4.69, 9.17) is 4.74 Å². The van der Waals surface area contributed by atoms with Gasteiger partial charge in [-0.05, 0) is 18.6 Å². The number of carbonyl (C=O) groups is 1. The number of nitrogens with zero attached hydrogens (tertiary/aromatic N) is 1. The molecule has 4 nitrogen and oxygen atoms in total. The van der Waals surface area contributed by atoms with Crippen LogP contribution in [0.3, 0.4) is 0 Å². The number of aromatic nitrogens is 2. The van der Waals surface area contributed by atoms with Crippen LogP contribution in [0, 0.1) is 0 Å².